The van der Waals surface area contributed by atoms with Crippen LogP contribution in [-0.4, -0.2) is 16.7 Å². The molecule has 4 heteroatoms. The minimum atomic E-state index is 0.283. The number of aryl methyl sites for hydroxylation is 1. The van der Waals surface area contributed by atoms with Crippen LogP contribution in [0.4, 0.5) is 0 Å². The van der Waals surface area contributed by atoms with Gasteiger partial charge in [0.1, 0.15) is 0 Å². The number of hydrogen-bond donors (Lipinski definition) is 1. The molecule has 0 fully saturated rings. The van der Waals surface area contributed by atoms with E-state index in [0.29, 0.717) is 18.4 Å². The molecule has 0 saturated heterocycles. The highest BCUT2D eigenvalue weighted by Crippen LogP contribution is 2.35. The molecule has 1 aliphatic rings. The number of nitrogens with zero attached hydrogens (tertiary/aromatic N) is 2. The Morgan fingerprint density at radius 2 is 2.25 bits per heavy atom. The number of nitrogens with two attached hydrogens (primary N) is 1. The Morgan fingerprint density at radius 3 is 3.10 bits per heavy atom. The predicted octanol–water partition coefficient (Wildman–Crippen LogP) is 2.68. The highest BCUT2D eigenvalue weighted by Gasteiger charge is 2.25. The summed E-state index contributed by atoms with van der Waals surface area (Å²) < 4.78 is 5.39. The molecule has 106 valence electrons. The molecule has 0 aliphatic heterocycles. The maximum Gasteiger partial charge on any atom is 0.226 e. The van der Waals surface area contributed by atoms with Crippen LogP contribution in [0.1, 0.15) is 48.5 Å². The molecule has 2 aromatic rings. The summed E-state index contributed by atoms with van der Waals surface area (Å²) in [6, 6.07) is 8.59. The number of rotatable bonds is 4. The first kappa shape index (κ1) is 13.3. The molecule has 1 heterocycles. The minimum Gasteiger partial charge on any atom is -0.339 e. The van der Waals surface area contributed by atoms with Crippen molar-refractivity contribution < 1.29 is 4.52 Å². The number of fused-ring (bicyclic) bond motifs is 1. The Morgan fingerprint density at radius 1 is 1.40 bits per heavy atom. The van der Waals surface area contributed by atoms with Crippen LogP contribution in [0.2, 0.25) is 0 Å². The largest absolute Gasteiger partial charge is 0.339 e. The minimum absolute atomic E-state index is 0.283. The van der Waals surface area contributed by atoms with E-state index in [4.69, 9.17) is 10.3 Å². The summed E-state index contributed by atoms with van der Waals surface area (Å²) >= 11 is 0. The van der Waals surface area contributed by atoms with Crippen LogP contribution < -0.4 is 5.73 Å². The number of aromatic nitrogens is 2. The standard InChI is InChI=1S/C16H21N3O/c1-11(10-17)9-15-18-16(19-20-15)14-8-4-6-12-5-2-3-7-13(12)14/h2-3,5,7,11,14H,4,6,8-10,17H2,1H3. The second-order valence-electron chi connectivity index (χ2n) is 5.73. The van der Waals surface area contributed by atoms with Crippen molar-refractivity contribution in [3.05, 3.63) is 47.1 Å². The Hall–Kier alpha value is -1.68. The van der Waals surface area contributed by atoms with Gasteiger partial charge in [-0.1, -0.05) is 36.3 Å². The Balaban J connectivity index is 1.84. The first-order valence-corrected chi connectivity index (χ1v) is 7.38. The zero-order valence-corrected chi connectivity index (χ0v) is 11.9. The predicted molar refractivity (Wildman–Crippen MR) is 77.4 cm³/mol. The molecule has 1 aliphatic carbocycles. The molecule has 4 nitrogen and oxygen atoms in total. The van der Waals surface area contributed by atoms with Gasteiger partial charge in [0.15, 0.2) is 5.82 Å². The highest BCUT2D eigenvalue weighted by atomic mass is 16.5. The summed E-state index contributed by atoms with van der Waals surface area (Å²) in [4.78, 5) is 4.59. The normalized spacial score (nSPS) is 19.6. The number of benzene rings is 1. The summed E-state index contributed by atoms with van der Waals surface area (Å²) in [7, 11) is 0. The van der Waals surface area contributed by atoms with Crippen molar-refractivity contribution in [3.63, 3.8) is 0 Å². The van der Waals surface area contributed by atoms with E-state index in [1.807, 2.05) is 0 Å². The second kappa shape index (κ2) is 5.75. The lowest BCUT2D eigenvalue weighted by Gasteiger charge is -2.22. The van der Waals surface area contributed by atoms with Crippen LogP contribution in [0.3, 0.4) is 0 Å². The van der Waals surface area contributed by atoms with Crippen LogP contribution in [0.5, 0.6) is 0 Å². The van der Waals surface area contributed by atoms with E-state index in [1.165, 1.54) is 17.5 Å². The molecule has 3 rings (SSSR count). The van der Waals surface area contributed by atoms with Crippen molar-refractivity contribution >= 4 is 0 Å². The van der Waals surface area contributed by atoms with Gasteiger partial charge in [-0.2, -0.15) is 4.98 Å². The fraction of sp³-hybridized carbons (Fsp3) is 0.500. The highest BCUT2D eigenvalue weighted by molar-refractivity contribution is 5.36. The lowest BCUT2D eigenvalue weighted by molar-refractivity contribution is 0.353. The summed E-state index contributed by atoms with van der Waals surface area (Å²) in [6.45, 7) is 2.74. The van der Waals surface area contributed by atoms with Gasteiger partial charge in [-0.25, -0.2) is 0 Å². The molecule has 1 aromatic carbocycles. The van der Waals surface area contributed by atoms with Gasteiger partial charge in [0.2, 0.25) is 5.89 Å². The van der Waals surface area contributed by atoms with Gasteiger partial charge in [-0.3, -0.25) is 0 Å². The third-order valence-electron chi connectivity index (χ3n) is 4.09. The van der Waals surface area contributed by atoms with Crippen molar-refractivity contribution in [2.75, 3.05) is 6.54 Å². The first-order valence-electron chi connectivity index (χ1n) is 7.38. The van der Waals surface area contributed by atoms with Gasteiger partial charge in [0, 0.05) is 12.3 Å². The monoisotopic (exact) mass is 271 g/mol. The van der Waals surface area contributed by atoms with Crippen molar-refractivity contribution in [2.24, 2.45) is 11.7 Å². The van der Waals surface area contributed by atoms with Gasteiger partial charge in [0.25, 0.3) is 0 Å². The van der Waals surface area contributed by atoms with E-state index >= 15 is 0 Å². The van der Waals surface area contributed by atoms with Crippen LogP contribution in [0.15, 0.2) is 28.8 Å². The fourth-order valence-electron chi connectivity index (χ4n) is 2.90. The van der Waals surface area contributed by atoms with E-state index < -0.39 is 0 Å². The average molecular weight is 271 g/mol. The molecular formula is C16H21N3O. The van der Waals surface area contributed by atoms with Gasteiger partial charge >= 0.3 is 0 Å². The van der Waals surface area contributed by atoms with Crippen LogP contribution in [-0.2, 0) is 12.8 Å². The molecule has 2 atom stereocenters. The average Bonchev–Trinajstić information content (AvgIpc) is 2.94. The van der Waals surface area contributed by atoms with E-state index in [2.05, 4.69) is 41.3 Å². The third kappa shape index (κ3) is 2.61. The van der Waals surface area contributed by atoms with Gasteiger partial charge in [-0.15, -0.1) is 0 Å². The summed E-state index contributed by atoms with van der Waals surface area (Å²) in [5, 5.41) is 4.20. The topological polar surface area (TPSA) is 64.9 Å². The molecule has 1 aromatic heterocycles. The van der Waals surface area contributed by atoms with Gasteiger partial charge in [-0.05, 0) is 42.9 Å². The summed E-state index contributed by atoms with van der Waals surface area (Å²) in [5.74, 6) is 2.20. The third-order valence-corrected chi connectivity index (χ3v) is 4.09. The zero-order chi connectivity index (χ0) is 13.9. The second-order valence-corrected chi connectivity index (χ2v) is 5.73. The van der Waals surface area contributed by atoms with Gasteiger partial charge in [0.05, 0.1) is 0 Å². The zero-order valence-electron chi connectivity index (χ0n) is 11.9. The van der Waals surface area contributed by atoms with Crippen LogP contribution in [0, 0.1) is 5.92 Å². The molecule has 2 unspecified atom stereocenters. The smallest absolute Gasteiger partial charge is 0.226 e. The Labute approximate surface area is 119 Å². The SMILES string of the molecule is CC(CN)Cc1nc(C2CCCc3ccccc32)no1. The van der Waals surface area contributed by atoms with Crippen molar-refractivity contribution in [3.8, 4) is 0 Å². The van der Waals surface area contributed by atoms with Crippen LogP contribution >= 0.6 is 0 Å². The fourth-order valence-corrected chi connectivity index (χ4v) is 2.90. The molecule has 20 heavy (non-hydrogen) atoms. The molecule has 0 bridgehead atoms. The Bertz CT molecular complexity index is 579. The molecular weight excluding hydrogens is 250 g/mol. The van der Waals surface area contributed by atoms with Crippen molar-refractivity contribution in [1.29, 1.82) is 0 Å². The van der Waals surface area contributed by atoms with Gasteiger partial charge < -0.3 is 10.3 Å². The van der Waals surface area contributed by atoms with Crippen molar-refractivity contribution in [2.45, 2.75) is 38.5 Å². The van der Waals surface area contributed by atoms with Crippen LogP contribution in [0.25, 0.3) is 0 Å². The molecule has 0 amide bonds. The van der Waals surface area contributed by atoms with E-state index in [0.717, 1.165) is 25.1 Å². The van der Waals surface area contributed by atoms with E-state index in [9.17, 15) is 0 Å². The van der Waals surface area contributed by atoms with E-state index in [-0.39, 0.29) is 5.92 Å². The quantitative estimate of drug-likeness (QED) is 0.928. The maximum absolute atomic E-state index is 5.64. The summed E-state index contributed by atoms with van der Waals surface area (Å²) in [6.07, 6.45) is 4.20. The lowest BCUT2D eigenvalue weighted by Crippen LogP contribution is -2.14. The molecule has 0 spiro atoms. The Kier molecular flexibility index (Phi) is 3.83. The molecule has 2 N–H and O–H groups in total. The molecule has 0 saturated carbocycles. The maximum atomic E-state index is 5.64. The first-order chi connectivity index (χ1) is 9.78. The number of hydrogen-bond acceptors (Lipinski definition) is 4. The summed E-state index contributed by atoms with van der Waals surface area (Å²) in [5.41, 5.74) is 8.42. The molecule has 0 radical (unpaired) electrons. The van der Waals surface area contributed by atoms with Crippen molar-refractivity contribution in [1.82, 2.24) is 10.1 Å². The lowest BCUT2D eigenvalue weighted by atomic mass is 9.82. The van der Waals surface area contributed by atoms with E-state index in [1.54, 1.807) is 0 Å².